The number of aromatic nitrogens is 3. The van der Waals surface area contributed by atoms with Gasteiger partial charge in [-0.05, 0) is 25.5 Å². The summed E-state index contributed by atoms with van der Waals surface area (Å²) in [7, 11) is 1.84. The maximum atomic E-state index is 12.2. The van der Waals surface area contributed by atoms with Gasteiger partial charge in [0, 0.05) is 37.6 Å². The first kappa shape index (κ1) is 14.8. The van der Waals surface area contributed by atoms with Crippen molar-refractivity contribution in [3.05, 3.63) is 40.5 Å². The maximum absolute atomic E-state index is 12.2. The maximum Gasteiger partial charge on any atom is 0.352 e. The molecule has 1 amide bonds. The lowest BCUT2D eigenvalue weighted by Gasteiger charge is -2.06. The molecule has 2 heterocycles. The molecule has 3 N–H and O–H groups in total. The number of hydrogen-bond acceptors (Lipinski definition) is 3. The third-order valence-corrected chi connectivity index (χ3v) is 3.47. The van der Waals surface area contributed by atoms with E-state index in [-0.39, 0.29) is 11.6 Å². The first-order chi connectivity index (χ1) is 9.91. The van der Waals surface area contributed by atoms with Crippen LogP contribution in [0.3, 0.4) is 0 Å². The summed E-state index contributed by atoms with van der Waals surface area (Å²) in [6, 6.07) is 1.89. The smallest absolute Gasteiger partial charge is 0.352 e. The highest BCUT2D eigenvalue weighted by Crippen LogP contribution is 2.17. The highest BCUT2D eigenvalue weighted by molar-refractivity contribution is 6.00. The summed E-state index contributed by atoms with van der Waals surface area (Å²) < 4.78 is 1.75. The fraction of sp³-hybridized carbons (Fsp3) is 0.357. The number of carbonyl (C=O) groups excluding carboxylic acids is 1. The largest absolute Gasteiger partial charge is 0.477 e. The van der Waals surface area contributed by atoms with Crippen molar-refractivity contribution in [3.63, 3.8) is 0 Å². The Labute approximate surface area is 122 Å². The summed E-state index contributed by atoms with van der Waals surface area (Å²) in [6.45, 7) is 3.78. The minimum atomic E-state index is -1.07. The van der Waals surface area contributed by atoms with Crippen LogP contribution in [0.25, 0.3) is 0 Å². The Morgan fingerprint density at radius 3 is 2.67 bits per heavy atom. The molecule has 0 aromatic carbocycles. The normalized spacial score (nSPS) is 10.6. The van der Waals surface area contributed by atoms with Crippen molar-refractivity contribution in [1.82, 2.24) is 20.1 Å². The third kappa shape index (κ3) is 2.96. The highest BCUT2D eigenvalue weighted by Gasteiger charge is 2.21. The summed E-state index contributed by atoms with van der Waals surface area (Å²) in [5, 5.41) is 15.9. The monoisotopic (exact) mass is 290 g/mol. The van der Waals surface area contributed by atoms with E-state index >= 15 is 0 Å². The number of hydrogen-bond donors (Lipinski definition) is 3. The number of carboxylic acids is 1. The SMILES string of the molecule is Cc1[nH]c(C(=O)O)c(C)c1C(=O)NCCc1ccnn1C. The molecule has 0 saturated heterocycles. The number of carboxylic acid groups (broad SMARTS) is 1. The number of nitrogens with one attached hydrogen (secondary N) is 2. The number of aromatic carboxylic acids is 1. The van der Waals surface area contributed by atoms with Gasteiger partial charge in [0.15, 0.2) is 0 Å². The number of carbonyl (C=O) groups is 2. The molecule has 2 aromatic heterocycles. The molecule has 0 aliphatic rings. The van der Waals surface area contributed by atoms with Crippen molar-refractivity contribution in [1.29, 1.82) is 0 Å². The van der Waals surface area contributed by atoms with Gasteiger partial charge in [0.05, 0.1) is 5.56 Å². The average Bonchev–Trinajstić information content (AvgIpc) is 2.94. The molecule has 2 rings (SSSR count). The van der Waals surface area contributed by atoms with E-state index in [2.05, 4.69) is 15.4 Å². The highest BCUT2D eigenvalue weighted by atomic mass is 16.4. The Balaban J connectivity index is 2.04. The van der Waals surface area contributed by atoms with E-state index in [1.54, 1.807) is 24.7 Å². The van der Waals surface area contributed by atoms with Crippen LogP contribution >= 0.6 is 0 Å². The zero-order valence-corrected chi connectivity index (χ0v) is 12.2. The average molecular weight is 290 g/mol. The molecule has 2 aromatic rings. The van der Waals surface area contributed by atoms with Crippen LogP contribution in [-0.4, -0.2) is 38.3 Å². The molecular formula is C14H18N4O3. The Kier molecular flexibility index (Phi) is 4.11. The van der Waals surface area contributed by atoms with Gasteiger partial charge in [0.2, 0.25) is 0 Å². The van der Waals surface area contributed by atoms with Gasteiger partial charge in [-0.15, -0.1) is 0 Å². The number of nitrogens with zero attached hydrogens (tertiary/aromatic N) is 2. The zero-order chi connectivity index (χ0) is 15.6. The molecule has 0 unspecified atom stereocenters. The van der Waals surface area contributed by atoms with E-state index < -0.39 is 5.97 Å². The number of aryl methyl sites for hydroxylation is 2. The molecule has 0 aliphatic heterocycles. The van der Waals surface area contributed by atoms with Gasteiger partial charge in [-0.3, -0.25) is 9.48 Å². The van der Waals surface area contributed by atoms with Crippen molar-refractivity contribution >= 4 is 11.9 Å². The van der Waals surface area contributed by atoms with Crippen molar-refractivity contribution in [2.24, 2.45) is 7.05 Å². The fourth-order valence-electron chi connectivity index (χ4n) is 2.34. The zero-order valence-electron chi connectivity index (χ0n) is 12.2. The second kappa shape index (κ2) is 5.82. The minimum Gasteiger partial charge on any atom is -0.477 e. The molecule has 0 aliphatic carbocycles. The predicted molar refractivity (Wildman–Crippen MR) is 76.5 cm³/mol. The van der Waals surface area contributed by atoms with Crippen LogP contribution in [-0.2, 0) is 13.5 Å². The van der Waals surface area contributed by atoms with E-state index in [0.29, 0.717) is 29.8 Å². The number of H-pyrrole nitrogens is 1. The standard InChI is InChI=1S/C14H18N4O3/c1-8-11(9(2)17-12(8)14(20)21)13(19)15-6-4-10-5-7-16-18(10)3/h5,7,17H,4,6H2,1-3H3,(H,15,19)(H,20,21). The summed E-state index contributed by atoms with van der Waals surface area (Å²) in [4.78, 5) is 26.0. The molecule has 0 saturated carbocycles. The quantitative estimate of drug-likeness (QED) is 0.766. The van der Waals surface area contributed by atoms with Gasteiger partial charge in [-0.2, -0.15) is 5.10 Å². The molecule has 7 nitrogen and oxygen atoms in total. The van der Waals surface area contributed by atoms with Crippen LogP contribution in [0.4, 0.5) is 0 Å². The van der Waals surface area contributed by atoms with Gasteiger partial charge in [0.1, 0.15) is 5.69 Å². The molecule has 112 valence electrons. The predicted octanol–water partition coefficient (Wildman–Crippen LogP) is 1.04. The van der Waals surface area contributed by atoms with Crippen LogP contribution in [0, 0.1) is 13.8 Å². The molecule has 0 atom stereocenters. The first-order valence-corrected chi connectivity index (χ1v) is 6.59. The van der Waals surface area contributed by atoms with E-state index in [1.165, 1.54) is 0 Å². The number of amides is 1. The minimum absolute atomic E-state index is 0.0595. The molecule has 0 bridgehead atoms. The second-order valence-corrected chi connectivity index (χ2v) is 4.88. The topological polar surface area (TPSA) is 100 Å². The van der Waals surface area contributed by atoms with Crippen LogP contribution in [0.15, 0.2) is 12.3 Å². The lowest BCUT2D eigenvalue weighted by atomic mass is 10.1. The second-order valence-electron chi connectivity index (χ2n) is 4.88. The summed E-state index contributed by atoms with van der Waals surface area (Å²) in [6.07, 6.45) is 2.37. The first-order valence-electron chi connectivity index (χ1n) is 6.59. The third-order valence-electron chi connectivity index (χ3n) is 3.47. The molecule has 21 heavy (non-hydrogen) atoms. The van der Waals surface area contributed by atoms with Gasteiger partial charge in [0.25, 0.3) is 5.91 Å². The lowest BCUT2D eigenvalue weighted by Crippen LogP contribution is -2.27. The summed E-state index contributed by atoms with van der Waals surface area (Å²) in [5.74, 6) is -1.33. The van der Waals surface area contributed by atoms with Crippen LogP contribution in [0.5, 0.6) is 0 Å². The lowest BCUT2D eigenvalue weighted by molar-refractivity contribution is 0.0690. The van der Waals surface area contributed by atoms with Gasteiger partial charge >= 0.3 is 5.97 Å². The molecule has 0 radical (unpaired) electrons. The van der Waals surface area contributed by atoms with E-state index in [9.17, 15) is 9.59 Å². The summed E-state index contributed by atoms with van der Waals surface area (Å²) >= 11 is 0. The molecule has 0 spiro atoms. The van der Waals surface area contributed by atoms with Crippen molar-refractivity contribution < 1.29 is 14.7 Å². The summed E-state index contributed by atoms with van der Waals surface area (Å²) in [5.41, 5.74) is 2.49. The van der Waals surface area contributed by atoms with Crippen LogP contribution in [0.1, 0.15) is 37.8 Å². The fourth-order valence-corrected chi connectivity index (χ4v) is 2.34. The Morgan fingerprint density at radius 1 is 1.43 bits per heavy atom. The van der Waals surface area contributed by atoms with Gasteiger partial charge in [-0.25, -0.2) is 4.79 Å². The van der Waals surface area contributed by atoms with Crippen molar-refractivity contribution in [2.45, 2.75) is 20.3 Å². The van der Waals surface area contributed by atoms with Gasteiger partial charge in [-0.1, -0.05) is 0 Å². The van der Waals surface area contributed by atoms with Crippen molar-refractivity contribution in [3.8, 4) is 0 Å². The van der Waals surface area contributed by atoms with Crippen LogP contribution in [0.2, 0.25) is 0 Å². The Morgan fingerprint density at radius 2 is 2.14 bits per heavy atom. The molecule has 0 fully saturated rings. The number of aromatic amines is 1. The molecular weight excluding hydrogens is 272 g/mol. The van der Waals surface area contributed by atoms with Crippen LogP contribution < -0.4 is 5.32 Å². The van der Waals surface area contributed by atoms with Gasteiger partial charge < -0.3 is 15.4 Å². The molecule has 7 heteroatoms. The Hall–Kier alpha value is -2.57. The van der Waals surface area contributed by atoms with E-state index in [0.717, 1.165) is 5.69 Å². The Bertz CT molecular complexity index is 684. The van der Waals surface area contributed by atoms with Crippen molar-refractivity contribution in [2.75, 3.05) is 6.54 Å². The van der Waals surface area contributed by atoms with E-state index in [1.807, 2.05) is 13.1 Å². The number of rotatable bonds is 5. The van der Waals surface area contributed by atoms with E-state index in [4.69, 9.17) is 5.11 Å².